The summed E-state index contributed by atoms with van der Waals surface area (Å²) in [4.78, 5) is 27.0. The molecule has 1 aromatic heterocycles. The number of carbonyl (C=O) groups excluding carboxylic acids is 1. The summed E-state index contributed by atoms with van der Waals surface area (Å²) in [5.41, 5.74) is -2.14. The van der Waals surface area contributed by atoms with Gasteiger partial charge in [0.25, 0.3) is 5.56 Å². The molecule has 1 saturated heterocycles. The van der Waals surface area contributed by atoms with Crippen molar-refractivity contribution in [2.75, 3.05) is 19.7 Å². The summed E-state index contributed by atoms with van der Waals surface area (Å²) in [5.74, 6) is 1.09. The monoisotopic (exact) mass is 344 g/mol. The molecule has 2 heterocycles. The number of aromatic amines is 1. The molecule has 1 aliphatic heterocycles. The predicted octanol–water partition coefficient (Wildman–Crippen LogP) is 2.80. The van der Waals surface area contributed by atoms with Gasteiger partial charge in [-0.05, 0) is 42.7 Å². The van der Waals surface area contributed by atoms with Gasteiger partial charge in [-0.1, -0.05) is 0 Å². The average Bonchev–Trinajstić information content (AvgIpc) is 2.86. The number of nitrogens with zero attached hydrogens (tertiary/aromatic N) is 1. The summed E-state index contributed by atoms with van der Waals surface area (Å²) in [6.07, 6.45) is -0.321. The number of H-pyrrole nitrogens is 1. The first-order chi connectivity index (χ1) is 11.3. The van der Waals surface area contributed by atoms with Gasteiger partial charge in [-0.2, -0.15) is 13.2 Å². The Bertz CT molecular complexity index is 659. The molecule has 2 atom stereocenters. The van der Waals surface area contributed by atoms with Crippen molar-refractivity contribution in [3.63, 3.8) is 0 Å². The van der Waals surface area contributed by atoms with Gasteiger partial charge >= 0.3 is 12.3 Å². The van der Waals surface area contributed by atoms with Crippen molar-refractivity contribution in [1.82, 2.24) is 9.88 Å². The van der Waals surface area contributed by atoms with Gasteiger partial charge in [0.15, 0.2) is 0 Å². The van der Waals surface area contributed by atoms with Crippen LogP contribution in [0.5, 0.6) is 0 Å². The number of rotatable bonds is 3. The summed E-state index contributed by atoms with van der Waals surface area (Å²) >= 11 is 0. The fourth-order valence-corrected chi connectivity index (χ4v) is 3.59. The molecule has 0 aromatic carbocycles. The molecule has 1 N–H and O–H groups in total. The van der Waals surface area contributed by atoms with Crippen LogP contribution in [0.2, 0.25) is 0 Å². The zero-order valence-corrected chi connectivity index (χ0v) is 13.1. The average molecular weight is 344 g/mol. The SMILES string of the molecule is O=C(OCCc1c[nH]c(=O)c(C(F)(F)F)c1)N1CC2CCC(C2)C1. The first-order valence-electron chi connectivity index (χ1n) is 8.03. The van der Waals surface area contributed by atoms with Crippen molar-refractivity contribution in [3.8, 4) is 0 Å². The standard InChI is InChI=1S/C16H19F3N2O3/c17-16(18,19)13-6-10(7-20-14(13)22)3-4-24-15(23)21-8-11-1-2-12(5-11)9-21/h6-7,11-12H,1-5,8-9H2,(H,20,22). The zero-order chi connectivity index (χ0) is 17.3. The molecule has 8 heteroatoms. The Morgan fingerprint density at radius 3 is 2.58 bits per heavy atom. The van der Waals surface area contributed by atoms with Crippen molar-refractivity contribution in [3.05, 3.63) is 33.7 Å². The Labute approximate surface area is 136 Å². The Kier molecular flexibility index (Phi) is 4.56. The highest BCUT2D eigenvalue weighted by molar-refractivity contribution is 5.67. The third kappa shape index (κ3) is 3.73. The van der Waals surface area contributed by atoms with Crippen molar-refractivity contribution in [2.45, 2.75) is 31.9 Å². The van der Waals surface area contributed by atoms with E-state index in [-0.39, 0.29) is 18.6 Å². The molecule has 0 radical (unpaired) electrons. The minimum Gasteiger partial charge on any atom is -0.449 e. The molecular weight excluding hydrogens is 325 g/mol. The lowest BCUT2D eigenvalue weighted by molar-refractivity contribution is -0.138. The highest BCUT2D eigenvalue weighted by atomic mass is 19.4. The number of nitrogens with one attached hydrogen (secondary N) is 1. The molecule has 2 aliphatic rings. The van der Waals surface area contributed by atoms with Crippen LogP contribution in [0.4, 0.5) is 18.0 Å². The van der Waals surface area contributed by atoms with Gasteiger partial charge in [-0.3, -0.25) is 4.79 Å². The van der Waals surface area contributed by atoms with Gasteiger partial charge < -0.3 is 14.6 Å². The molecule has 0 spiro atoms. The zero-order valence-electron chi connectivity index (χ0n) is 13.1. The largest absolute Gasteiger partial charge is 0.449 e. The molecule has 1 aliphatic carbocycles. The summed E-state index contributed by atoms with van der Waals surface area (Å²) in [6.45, 7) is 1.38. The Balaban J connectivity index is 1.53. The normalized spacial score (nSPS) is 23.4. The lowest BCUT2D eigenvalue weighted by Gasteiger charge is -2.30. The number of likely N-dealkylation sites (tertiary alicyclic amines) is 1. The van der Waals surface area contributed by atoms with E-state index in [0.717, 1.165) is 18.9 Å². The van der Waals surface area contributed by atoms with Gasteiger partial charge in [0.05, 0.1) is 6.61 Å². The molecule has 3 rings (SSSR count). The number of amides is 1. The first kappa shape index (κ1) is 16.9. The van der Waals surface area contributed by atoms with Crippen LogP contribution in [0.15, 0.2) is 17.1 Å². The second-order valence-corrected chi connectivity index (χ2v) is 6.56. The Morgan fingerprint density at radius 2 is 1.96 bits per heavy atom. The highest BCUT2D eigenvalue weighted by Gasteiger charge is 2.36. The maximum atomic E-state index is 12.7. The number of hydrogen-bond acceptors (Lipinski definition) is 3. The van der Waals surface area contributed by atoms with Crippen LogP contribution in [0, 0.1) is 11.8 Å². The third-order valence-corrected chi connectivity index (χ3v) is 4.75. The summed E-state index contributed by atoms with van der Waals surface area (Å²) < 4.78 is 43.2. The van der Waals surface area contributed by atoms with Crippen LogP contribution >= 0.6 is 0 Å². The van der Waals surface area contributed by atoms with E-state index in [9.17, 15) is 22.8 Å². The van der Waals surface area contributed by atoms with Gasteiger partial charge in [0.1, 0.15) is 5.56 Å². The first-order valence-corrected chi connectivity index (χ1v) is 8.03. The topological polar surface area (TPSA) is 62.4 Å². The lowest BCUT2D eigenvalue weighted by Crippen LogP contribution is -2.41. The van der Waals surface area contributed by atoms with E-state index in [1.54, 1.807) is 4.90 Å². The molecule has 1 aromatic rings. The number of pyridine rings is 1. The molecule has 1 amide bonds. The molecule has 2 fully saturated rings. The van der Waals surface area contributed by atoms with Crippen LogP contribution < -0.4 is 5.56 Å². The Hall–Kier alpha value is -1.99. The van der Waals surface area contributed by atoms with Gasteiger partial charge in [-0.15, -0.1) is 0 Å². The van der Waals surface area contributed by atoms with E-state index in [4.69, 9.17) is 4.74 Å². The van der Waals surface area contributed by atoms with E-state index in [0.29, 0.717) is 24.9 Å². The van der Waals surface area contributed by atoms with Crippen molar-refractivity contribution < 1.29 is 22.7 Å². The van der Waals surface area contributed by atoms with Crippen LogP contribution in [0.25, 0.3) is 0 Å². The Morgan fingerprint density at radius 1 is 1.29 bits per heavy atom. The van der Waals surface area contributed by atoms with Crippen LogP contribution in [-0.4, -0.2) is 35.7 Å². The van der Waals surface area contributed by atoms with Crippen LogP contribution in [0.3, 0.4) is 0 Å². The molecule has 1 saturated carbocycles. The number of aromatic nitrogens is 1. The molecule has 2 bridgehead atoms. The molecule has 2 unspecified atom stereocenters. The van der Waals surface area contributed by atoms with Gasteiger partial charge in [-0.25, -0.2) is 4.79 Å². The number of piperidine rings is 1. The van der Waals surface area contributed by atoms with E-state index >= 15 is 0 Å². The van der Waals surface area contributed by atoms with Crippen LogP contribution in [-0.2, 0) is 17.3 Å². The number of carbonyl (C=O) groups is 1. The van der Waals surface area contributed by atoms with Gasteiger partial charge in [0.2, 0.25) is 0 Å². The summed E-state index contributed by atoms with van der Waals surface area (Å²) in [6, 6.07) is 0.799. The second-order valence-electron chi connectivity index (χ2n) is 6.56. The van der Waals surface area contributed by atoms with E-state index in [2.05, 4.69) is 4.98 Å². The number of ether oxygens (including phenoxy) is 1. The number of alkyl halides is 3. The number of halogens is 3. The maximum absolute atomic E-state index is 12.7. The molecule has 24 heavy (non-hydrogen) atoms. The quantitative estimate of drug-likeness (QED) is 0.917. The summed E-state index contributed by atoms with van der Waals surface area (Å²) in [5, 5.41) is 0. The van der Waals surface area contributed by atoms with Crippen molar-refractivity contribution >= 4 is 6.09 Å². The predicted molar refractivity (Wildman–Crippen MR) is 79.5 cm³/mol. The van der Waals surface area contributed by atoms with Crippen molar-refractivity contribution in [1.29, 1.82) is 0 Å². The molecular formula is C16H19F3N2O3. The summed E-state index contributed by atoms with van der Waals surface area (Å²) in [7, 11) is 0. The third-order valence-electron chi connectivity index (χ3n) is 4.75. The smallest absolute Gasteiger partial charge is 0.421 e. The fraction of sp³-hybridized carbons (Fsp3) is 0.625. The minimum atomic E-state index is -4.70. The highest BCUT2D eigenvalue weighted by Crippen LogP contribution is 2.36. The molecule has 132 valence electrons. The maximum Gasteiger partial charge on any atom is 0.421 e. The van der Waals surface area contributed by atoms with Crippen molar-refractivity contribution in [2.24, 2.45) is 11.8 Å². The van der Waals surface area contributed by atoms with E-state index in [1.165, 1.54) is 12.6 Å². The second kappa shape index (κ2) is 6.49. The molecule has 5 nitrogen and oxygen atoms in total. The van der Waals surface area contributed by atoms with E-state index in [1.807, 2.05) is 0 Å². The number of hydrogen-bond donors (Lipinski definition) is 1. The number of fused-ring (bicyclic) bond motifs is 2. The van der Waals surface area contributed by atoms with Crippen LogP contribution in [0.1, 0.15) is 30.4 Å². The fourth-order valence-electron chi connectivity index (χ4n) is 3.59. The minimum absolute atomic E-state index is 0.0198. The van der Waals surface area contributed by atoms with E-state index < -0.39 is 23.4 Å². The lowest BCUT2D eigenvalue weighted by atomic mass is 9.99. The van der Waals surface area contributed by atoms with Gasteiger partial charge in [0, 0.05) is 25.7 Å².